The van der Waals surface area contributed by atoms with E-state index in [1.807, 2.05) is 0 Å². The van der Waals surface area contributed by atoms with Gasteiger partial charge in [0.25, 0.3) is 11.6 Å². The molecular formula is C20H29N7O7. The van der Waals surface area contributed by atoms with E-state index >= 15 is 0 Å². The van der Waals surface area contributed by atoms with E-state index in [2.05, 4.69) is 21.3 Å². The number of carbonyl (C=O) groups is 4. The van der Waals surface area contributed by atoms with E-state index in [1.54, 1.807) is 0 Å². The molecule has 14 heteroatoms. The van der Waals surface area contributed by atoms with E-state index in [9.17, 15) is 34.4 Å². The molecular weight excluding hydrogens is 450 g/mol. The summed E-state index contributed by atoms with van der Waals surface area (Å²) in [5, 5.41) is 31.1. The van der Waals surface area contributed by atoms with Gasteiger partial charge in [0.1, 0.15) is 18.1 Å². The Bertz CT molecular complexity index is 940. The van der Waals surface area contributed by atoms with Crippen molar-refractivity contribution >= 4 is 35.0 Å². The van der Waals surface area contributed by atoms with Crippen molar-refractivity contribution in [3.63, 3.8) is 0 Å². The zero-order valence-electron chi connectivity index (χ0n) is 18.4. The highest BCUT2D eigenvalue weighted by Gasteiger charge is 2.30. The minimum atomic E-state index is -1.45. The number of benzene rings is 1. The molecule has 0 bridgehead atoms. The van der Waals surface area contributed by atoms with Crippen molar-refractivity contribution in [2.45, 2.75) is 43.8 Å². The molecule has 0 aromatic heterocycles. The summed E-state index contributed by atoms with van der Waals surface area (Å²) in [6.45, 7) is -0.339. The van der Waals surface area contributed by atoms with Crippen LogP contribution in [0.2, 0.25) is 0 Å². The summed E-state index contributed by atoms with van der Waals surface area (Å²) < 4.78 is 0. The number of aliphatic hydroxyl groups is 1. The summed E-state index contributed by atoms with van der Waals surface area (Å²) in [4.78, 5) is 60.8. The molecule has 4 amide bonds. The SMILES string of the molecule is NCCCC[C@@H]1NC(=O)[C@H](CO)NC(=O)c2cc([N+](=O)[O-])ccc2NCC[C@@H](C(N)=O)NC1=O. The molecule has 0 aliphatic carbocycles. The quantitative estimate of drug-likeness (QED) is 0.131. The fourth-order valence-electron chi connectivity index (χ4n) is 3.36. The first-order valence-corrected chi connectivity index (χ1v) is 10.7. The van der Waals surface area contributed by atoms with Gasteiger partial charge in [0.05, 0.1) is 17.1 Å². The number of rotatable bonds is 7. The number of aliphatic hydroxyl groups excluding tert-OH is 1. The topological polar surface area (TPSA) is 232 Å². The van der Waals surface area contributed by atoms with Crippen LogP contribution in [0.1, 0.15) is 36.0 Å². The predicted octanol–water partition coefficient (Wildman–Crippen LogP) is -1.91. The van der Waals surface area contributed by atoms with Crippen molar-refractivity contribution in [1.82, 2.24) is 16.0 Å². The first-order valence-electron chi connectivity index (χ1n) is 10.7. The second kappa shape index (κ2) is 12.5. The number of nitrogens with zero attached hydrogens (tertiary/aromatic N) is 1. The lowest BCUT2D eigenvalue weighted by molar-refractivity contribution is -0.384. The fraction of sp³-hybridized carbons (Fsp3) is 0.500. The van der Waals surface area contributed by atoms with E-state index in [1.165, 1.54) is 12.1 Å². The third-order valence-corrected chi connectivity index (χ3v) is 5.25. The number of hydrogen-bond donors (Lipinski definition) is 7. The van der Waals surface area contributed by atoms with Gasteiger partial charge >= 0.3 is 0 Å². The number of fused-ring (bicyclic) bond motifs is 1. The summed E-state index contributed by atoms with van der Waals surface area (Å²) in [7, 11) is 0. The van der Waals surface area contributed by atoms with E-state index in [-0.39, 0.29) is 36.3 Å². The van der Waals surface area contributed by atoms with Gasteiger partial charge < -0.3 is 37.8 Å². The van der Waals surface area contributed by atoms with Gasteiger partial charge in [0.15, 0.2) is 0 Å². The van der Waals surface area contributed by atoms with Crippen molar-refractivity contribution < 1.29 is 29.2 Å². The van der Waals surface area contributed by atoms with Crippen LogP contribution >= 0.6 is 0 Å². The van der Waals surface area contributed by atoms with Gasteiger partial charge in [-0.2, -0.15) is 0 Å². The Morgan fingerprint density at radius 1 is 1.12 bits per heavy atom. The molecule has 186 valence electrons. The molecule has 0 saturated heterocycles. The molecule has 3 atom stereocenters. The van der Waals surface area contributed by atoms with Gasteiger partial charge in [-0.15, -0.1) is 0 Å². The number of non-ortho nitro benzene ring substituents is 1. The fourth-order valence-corrected chi connectivity index (χ4v) is 3.36. The minimum Gasteiger partial charge on any atom is -0.394 e. The lowest BCUT2D eigenvalue weighted by Gasteiger charge is -2.25. The van der Waals surface area contributed by atoms with Crippen LogP contribution in [0.3, 0.4) is 0 Å². The number of carbonyl (C=O) groups excluding carboxylic acids is 4. The van der Waals surface area contributed by atoms with Gasteiger partial charge in [-0.25, -0.2) is 0 Å². The Morgan fingerprint density at radius 3 is 2.44 bits per heavy atom. The lowest BCUT2D eigenvalue weighted by atomic mass is 10.1. The van der Waals surface area contributed by atoms with Gasteiger partial charge in [0.2, 0.25) is 17.7 Å². The zero-order chi connectivity index (χ0) is 25.3. The van der Waals surface area contributed by atoms with Crippen LogP contribution in [0.4, 0.5) is 11.4 Å². The van der Waals surface area contributed by atoms with Crippen LogP contribution in [-0.2, 0) is 14.4 Å². The Kier molecular flexibility index (Phi) is 9.70. The maximum absolute atomic E-state index is 12.9. The second-order valence-electron chi connectivity index (χ2n) is 7.72. The van der Waals surface area contributed by atoms with Gasteiger partial charge in [-0.05, 0) is 38.3 Å². The molecule has 34 heavy (non-hydrogen) atoms. The molecule has 14 nitrogen and oxygen atoms in total. The first kappa shape index (κ1) is 26.5. The van der Waals surface area contributed by atoms with Crippen LogP contribution < -0.4 is 32.7 Å². The van der Waals surface area contributed by atoms with Gasteiger partial charge in [-0.1, -0.05) is 0 Å². The monoisotopic (exact) mass is 479 g/mol. The lowest BCUT2D eigenvalue weighted by Crippen LogP contribution is -2.57. The molecule has 1 aliphatic heterocycles. The molecule has 0 radical (unpaired) electrons. The summed E-state index contributed by atoms with van der Waals surface area (Å²) in [5.74, 6) is -3.15. The van der Waals surface area contributed by atoms with Gasteiger partial charge in [-0.3, -0.25) is 29.3 Å². The van der Waals surface area contributed by atoms with Crippen molar-refractivity contribution in [2.24, 2.45) is 11.5 Å². The maximum atomic E-state index is 12.9. The number of nitro groups is 1. The van der Waals surface area contributed by atoms with E-state index < -0.39 is 53.3 Å². The Hall–Kier alpha value is -3.78. The highest BCUT2D eigenvalue weighted by molar-refractivity contribution is 6.03. The molecule has 1 aliphatic rings. The number of unbranched alkanes of at least 4 members (excludes halogenated alkanes) is 1. The van der Waals surface area contributed by atoms with E-state index in [0.29, 0.717) is 19.4 Å². The number of hydrogen-bond acceptors (Lipinski definition) is 9. The average Bonchev–Trinajstić information content (AvgIpc) is 2.80. The number of nitrogens with two attached hydrogens (primary N) is 2. The summed E-state index contributed by atoms with van der Waals surface area (Å²) in [5.41, 5.74) is 10.6. The number of nitrogens with one attached hydrogen (secondary N) is 4. The number of amides is 4. The van der Waals surface area contributed by atoms with Crippen LogP contribution in [0.15, 0.2) is 18.2 Å². The third-order valence-electron chi connectivity index (χ3n) is 5.25. The second-order valence-corrected chi connectivity index (χ2v) is 7.72. The summed E-state index contributed by atoms with van der Waals surface area (Å²) >= 11 is 0. The molecule has 9 N–H and O–H groups in total. The zero-order valence-corrected chi connectivity index (χ0v) is 18.4. The number of nitro benzene ring substituents is 1. The van der Waals surface area contributed by atoms with Crippen LogP contribution in [0.25, 0.3) is 0 Å². The van der Waals surface area contributed by atoms with Crippen molar-refractivity contribution in [3.05, 3.63) is 33.9 Å². The van der Waals surface area contributed by atoms with Gasteiger partial charge in [0, 0.05) is 24.4 Å². The highest BCUT2D eigenvalue weighted by Crippen LogP contribution is 2.22. The molecule has 1 aromatic carbocycles. The molecule has 0 unspecified atom stereocenters. The van der Waals surface area contributed by atoms with E-state index in [4.69, 9.17) is 11.5 Å². The standard InChI is InChI=1S/C20H29N7O7/c21-7-2-1-3-15-19(31)24-14(17(22)29)6-8-23-13-5-4-11(27(33)34)9-12(13)18(30)26-16(10-28)20(32)25-15/h4-5,9,14-16,23,28H,1-3,6-8,10,21H2,(H2,22,29)(H,24,31)(H,25,32)(H,26,30)/t14-,15-,16-/m0/s1. The normalized spacial score (nSPS) is 21.7. The third kappa shape index (κ3) is 7.11. The van der Waals surface area contributed by atoms with Crippen molar-refractivity contribution in [3.8, 4) is 0 Å². The van der Waals surface area contributed by atoms with E-state index in [0.717, 1.165) is 6.07 Å². The van der Waals surface area contributed by atoms with Crippen LogP contribution in [0.5, 0.6) is 0 Å². The Morgan fingerprint density at radius 2 is 1.82 bits per heavy atom. The number of primary amides is 1. The van der Waals surface area contributed by atoms with Crippen LogP contribution in [-0.4, -0.2) is 71.5 Å². The average molecular weight is 479 g/mol. The summed E-state index contributed by atoms with van der Waals surface area (Å²) in [6, 6.07) is -0.0919. The first-order chi connectivity index (χ1) is 16.2. The minimum absolute atomic E-state index is 0.0435. The largest absolute Gasteiger partial charge is 0.394 e. The summed E-state index contributed by atoms with van der Waals surface area (Å²) in [6.07, 6.45) is 1.31. The van der Waals surface area contributed by atoms with Crippen LogP contribution in [0, 0.1) is 10.1 Å². The van der Waals surface area contributed by atoms with Crippen molar-refractivity contribution in [2.75, 3.05) is 25.0 Å². The smallest absolute Gasteiger partial charge is 0.270 e. The molecule has 0 spiro atoms. The molecule has 0 saturated carbocycles. The molecule has 0 fully saturated rings. The van der Waals surface area contributed by atoms with Crippen molar-refractivity contribution in [1.29, 1.82) is 0 Å². The Balaban J connectivity index is 2.42. The maximum Gasteiger partial charge on any atom is 0.270 e. The molecule has 2 rings (SSSR count). The number of anilines is 1. The highest BCUT2D eigenvalue weighted by atomic mass is 16.6. The molecule has 1 heterocycles. The predicted molar refractivity (Wildman–Crippen MR) is 121 cm³/mol. The Labute approximate surface area is 195 Å². The molecule has 1 aromatic rings.